The maximum absolute atomic E-state index is 12.8. The zero-order valence-corrected chi connectivity index (χ0v) is 9.35. The SMILES string of the molecule is CCn1nc(-c2ccc(F)cc2)cc(N)c1=O. The van der Waals surface area contributed by atoms with Gasteiger partial charge in [-0.1, -0.05) is 0 Å². The van der Waals surface area contributed by atoms with E-state index in [1.807, 2.05) is 6.92 Å². The van der Waals surface area contributed by atoms with Crippen LogP contribution in [0.3, 0.4) is 0 Å². The highest BCUT2D eigenvalue weighted by molar-refractivity contribution is 5.61. The van der Waals surface area contributed by atoms with Crippen LogP contribution in [-0.4, -0.2) is 9.78 Å². The number of aryl methyl sites for hydroxylation is 1. The molecule has 2 N–H and O–H groups in total. The molecule has 0 aliphatic heterocycles. The van der Waals surface area contributed by atoms with Gasteiger partial charge in [-0.15, -0.1) is 0 Å². The Morgan fingerprint density at radius 1 is 1.35 bits per heavy atom. The van der Waals surface area contributed by atoms with Crippen LogP contribution in [0.2, 0.25) is 0 Å². The highest BCUT2D eigenvalue weighted by atomic mass is 19.1. The minimum Gasteiger partial charge on any atom is -0.394 e. The van der Waals surface area contributed by atoms with Gasteiger partial charge in [0, 0.05) is 12.1 Å². The number of nitrogen functional groups attached to an aromatic ring is 1. The van der Waals surface area contributed by atoms with E-state index in [0.717, 1.165) is 5.56 Å². The Labute approximate surface area is 97.5 Å². The van der Waals surface area contributed by atoms with E-state index in [0.29, 0.717) is 12.2 Å². The van der Waals surface area contributed by atoms with Crippen LogP contribution in [0.1, 0.15) is 6.92 Å². The highest BCUT2D eigenvalue weighted by Gasteiger charge is 2.06. The van der Waals surface area contributed by atoms with Gasteiger partial charge < -0.3 is 5.73 Å². The first-order valence-electron chi connectivity index (χ1n) is 5.25. The quantitative estimate of drug-likeness (QED) is 0.857. The van der Waals surface area contributed by atoms with Crippen LogP contribution in [0.25, 0.3) is 11.3 Å². The average Bonchev–Trinajstić information content (AvgIpc) is 2.33. The number of halogens is 1. The molecular weight excluding hydrogens is 221 g/mol. The van der Waals surface area contributed by atoms with Crippen molar-refractivity contribution >= 4 is 5.69 Å². The zero-order valence-electron chi connectivity index (χ0n) is 9.35. The van der Waals surface area contributed by atoms with Crippen molar-refractivity contribution in [2.24, 2.45) is 0 Å². The van der Waals surface area contributed by atoms with Crippen molar-refractivity contribution in [2.45, 2.75) is 13.5 Å². The molecular formula is C12H12FN3O. The van der Waals surface area contributed by atoms with Crippen LogP contribution in [0.15, 0.2) is 35.1 Å². The van der Waals surface area contributed by atoms with Gasteiger partial charge in [-0.25, -0.2) is 9.07 Å². The van der Waals surface area contributed by atoms with Gasteiger partial charge in [-0.05, 0) is 37.3 Å². The van der Waals surface area contributed by atoms with E-state index < -0.39 is 0 Å². The normalized spacial score (nSPS) is 10.5. The van der Waals surface area contributed by atoms with Gasteiger partial charge in [0.1, 0.15) is 11.5 Å². The topological polar surface area (TPSA) is 60.9 Å². The molecule has 1 aromatic carbocycles. The molecule has 0 unspecified atom stereocenters. The number of benzene rings is 1. The molecule has 0 spiro atoms. The van der Waals surface area contributed by atoms with Crippen LogP contribution >= 0.6 is 0 Å². The summed E-state index contributed by atoms with van der Waals surface area (Å²) in [6.07, 6.45) is 0. The lowest BCUT2D eigenvalue weighted by molar-refractivity contribution is 0.620. The number of nitrogens with two attached hydrogens (primary N) is 1. The predicted molar refractivity (Wildman–Crippen MR) is 64.0 cm³/mol. The smallest absolute Gasteiger partial charge is 0.289 e. The first kappa shape index (κ1) is 11.3. The molecule has 0 saturated carbocycles. The van der Waals surface area contributed by atoms with Gasteiger partial charge in [0.2, 0.25) is 0 Å². The molecule has 4 nitrogen and oxygen atoms in total. The minimum absolute atomic E-state index is 0.140. The van der Waals surface area contributed by atoms with E-state index in [4.69, 9.17) is 5.73 Å². The molecule has 0 aliphatic carbocycles. The first-order chi connectivity index (χ1) is 8.11. The van der Waals surface area contributed by atoms with Crippen molar-refractivity contribution < 1.29 is 4.39 Å². The van der Waals surface area contributed by atoms with E-state index in [2.05, 4.69) is 5.10 Å². The molecule has 0 atom stereocenters. The predicted octanol–water partition coefficient (Wildman–Crippen LogP) is 1.65. The van der Waals surface area contributed by atoms with Crippen LogP contribution in [0.4, 0.5) is 10.1 Å². The number of rotatable bonds is 2. The van der Waals surface area contributed by atoms with E-state index in [9.17, 15) is 9.18 Å². The molecule has 17 heavy (non-hydrogen) atoms. The Balaban J connectivity index is 2.56. The molecule has 0 saturated heterocycles. The fraction of sp³-hybridized carbons (Fsp3) is 0.167. The van der Waals surface area contributed by atoms with E-state index in [-0.39, 0.29) is 17.1 Å². The fourth-order valence-electron chi connectivity index (χ4n) is 1.54. The number of nitrogens with zero attached hydrogens (tertiary/aromatic N) is 2. The zero-order chi connectivity index (χ0) is 12.4. The third-order valence-corrected chi connectivity index (χ3v) is 2.44. The van der Waals surface area contributed by atoms with Crippen molar-refractivity contribution in [3.63, 3.8) is 0 Å². The Kier molecular flexibility index (Phi) is 2.91. The minimum atomic E-state index is -0.314. The van der Waals surface area contributed by atoms with E-state index in [1.165, 1.54) is 22.9 Å². The summed E-state index contributed by atoms with van der Waals surface area (Å²) >= 11 is 0. The van der Waals surface area contributed by atoms with Gasteiger partial charge in [0.25, 0.3) is 5.56 Å². The Morgan fingerprint density at radius 3 is 2.59 bits per heavy atom. The standard InChI is InChI=1S/C12H12FN3O/c1-2-16-12(17)10(14)7-11(15-16)8-3-5-9(13)6-4-8/h3-7H,2,14H2,1H3. The molecule has 5 heteroatoms. The third-order valence-electron chi connectivity index (χ3n) is 2.44. The molecule has 0 radical (unpaired) electrons. The summed E-state index contributed by atoms with van der Waals surface area (Å²) in [6.45, 7) is 2.25. The van der Waals surface area contributed by atoms with E-state index in [1.54, 1.807) is 12.1 Å². The van der Waals surface area contributed by atoms with Crippen molar-refractivity contribution in [1.29, 1.82) is 0 Å². The summed E-state index contributed by atoms with van der Waals surface area (Å²) in [4.78, 5) is 11.6. The van der Waals surface area contributed by atoms with Crippen LogP contribution in [0.5, 0.6) is 0 Å². The summed E-state index contributed by atoms with van der Waals surface area (Å²) in [5, 5.41) is 4.15. The molecule has 2 aromatic rings. The van der Waals surface area contributed by atoms with Crippen molar-refractivity contribution in [2.75, 3.05) is 5.73 Å². The maximum atomic E-state index is 12.8. The molecule has 1 heterocycles. The lowest BCUT2D eigenvalue weighted by Gasteiger charge is -2.06. The summed E-state index contributed by atoms with van der Waals surface area (Å²) < 4.78 is 14.1. The van der Waals surface area contributed by atoms with Gasteiger partial charge >= 0.3 is 0 Å². The largest absolute Gasteiger partial charge is 0.394 e. The van der Waals surface area contributed by atoms with Crippen molar-refractivity contribution in [1.82, 2.24) is 9.78 Å². The lowest BCUT2D eigenvalue weighted by Crippen LogP contribution is -2.24. The second kappa shape index (κ2) is 4.37. The Morgan fingerprint density at radius 2 is 2.00 bits per heavy atom. The molecule has 0 bridgehead atoms. The van der Waals surface area contributed by atoms with Gasteiger partial charge in [0.15, 0.2) is 0 Å². The molecule has 0 amide bonds. The number of anilines is 1. The van der Waals surface area contributed by atoms with E-state index >= 15 is 0 Å². The second-order valence-electron chi connectivity index (χ2n) is 3.61. The van der Waals surface area contributed by atoms with Crippen LogP contribution in [-0.2, 0) is 6.54 Å². The molecule has 88 valence electrons. The summed E-state index contributed by atoms with van der Waals surface area (Å²) in [7, 11) is 0. The summed E-state index contributed by atoms with van der Waals surface area (Å²) in [5.74, 6) is -0.314. The van der Waals surface area contributed by atoms with Gasteiger partial charge in [-0.3, -0.25) is 4.79 Å². The van der Waals surface area contributed by atoms with Crippen LogP contribution < -0.4 is 11.3 Å². The second-order valence-corrected chi connectivity index (χ2v) is 3.61. The van der Waals surface area contributed by atoms with Crippen molar-refractivity contribution in [3.8, 4) is 11.3 Å². The molecule has 1 aromatic heterocycles. The summed E-state index contributed by atoms with van der Waals surface area (Å²) in [6, 6.07) is 7.38. The summed E-state index contributed by atoms with van der Waals surface area (Å²) in [5.41, 5.74) is 6.73. The number of hydrogen-bond acceptors (Lipinski definition) is 3. The number of aromatic nitrogens is 2. The first-order valence-corrected chi connectivity index (χ1v) is 5.25. The molecule has 2 rings (SSSR count). The van der Waals surface area contributed by atoms with Crippen molar-refractivity contribution in [3.05, 3.63) is 46.5 Å². The number of hydrogen-bond donors (Lipinski definition) is 1. The lowest BCUT2D eigenvalue weighted by atomic mass is 10.1. The Bertz CT molecular complexity index is 590. The maximum Gasteiger partial charge on any atom is 0.289 e. The molecule has 0 aliphatic rings. The monoisotopic (exact) mass is 233 g/mol. The van der Waals surface area contributed by atoms with Gasteiger partial charge in [-0.2, -0.15) is 5.10 Å². The van der Waals surface area contributed by atoms with Gasteiger partial charge in [0.05, 0.1) is 5.69 Å². The Hall–Kier alpha value is -2.17. The third kappa shape index (κ3) is 2.18. The average molecular weight is 233 g/mol. The van der Waals surface area contributed by atoms with Crippen LogP contribution in [0, 0.1) is 5.82 Å². The molecule has 0 fully saturated rings. The fourth-order valence-corrected chi connectivity index (χ4v) is 1.54. The highest BCUT2D eigenvalue weighted by Crippen LogP contribution is 2.17.